The molecule has 0 saturated carbocycles. The molecule has 1 aliphatic rings. The zero-order valence-electron chi connectivity index (χ0n) is 24.8. The molecule has 2 aromatic carbocycles. The van der Waals surface area contributed by atoms with Gasteiger partial charge in [0.1, 0.15) is 5.82 Å². The Bertz CT molecular complexity index is 2060. The first-order chi connectivity index (χ1) is 21.0. The minimum Gasteiger partial charge on any atom is -0.748 e. The molecule has 0 fully saturated rings. The average molecular weight is 678 g/mol. The number of nitriles is 1. The fourth-order valence-corrected chi connectivity index (χ4v) is 6.71. The van der Waals surface area contributed by atoms with Crippen LogP contribution in [0.15, 0.2) is 59.3 Å². The van der Waals surface area contributed by atoms with E-state index in [0.29, 0.717) is 40.5 Å². The molecule has 3 aromatic rings. The van der Waals surface area contributed by atoms with Crippen LogP contribution in [0.1, 0.15) is 38.1 Å². The maximum atomic E-state index is 12.1. The summed E-state index contributed by atoms with van der Waals surface area (Å²) in [6, 6.07) is 11.6. The van der Waals surface area contributed by atoms with Crippen molar-refractivity contribution in [3.05, 3.63) is 65.8 Å². The molecule has 45 heavy (non-hydrogen) atoms. The van der Waals surface area contributed by atoms with Crippen molar-refractivity contribution in [2.24, 2.45) is 12.2 Å². The Hall–Kier alpha value is -3.79. The number of benzene rings is 2. The zero-order valence-corrected chi connectivity index (χ0v) is 27.3. The minimum atomic E-state index is -4.51. The Morgan fingerprint density at radius 1 is 1.02 bits per heavy atom. The fourth-order valence-electron chi connectivity index (χ4n) is 5.30. The fraction of sp³-hybridized carbons (Fsp3) is 0.357. The molecule has 1 aromatic heterocycles. The third-order valence-corrected chi connectivity index (χ3v) is 10.5. The lowest BCUT2D eigenvalue weighted by molar-refractivity contribution is -0.647. The number of allylic oxidation sites excluding steroid dienone is 2. The highest BCUT2D eigenvalue weighted by atomic mass is 32.2. The largest absolute Gasteiger partial charge is 0.748 e. The van der Waals surface area contributed by atoms with E-state index in [1.54, 1.807) is 58.7 Å². The molecule has 0 aliphatic carbocycles. The summed E-state index contributed by atoms with van der Waals surface area (Å²) < 4.78 is 96.3. The molecular formula is C28H33N6O8S3-. The van der Waals surface area contributed by atoms with Crippen molar-refractivity contribution in [2.75, 3.05) is 28.6 Å². The highest BCUT2D eigenvalue weighted by molar-refractivity contribution is 7.89. The van der Waals surface area contributed by atoms with Crippen LogP contribution in [-0.2, 0) is 43.9 Å². The van der Waals surface area contributed by atoms with Gasteiger partial charge in [-0.15, -0.1) is 0 Å². The summed E-state index contributed by atoms with van der Waals surface area (Å²) in [5, 5.41) is 13.7. The van der Waals surface area contributed by atoms with Gasteiger partial charge in [0, 0.05) is 36.2 Å². The van der Waals surface area contributed by atoms with Gasteiger partial charge in [-0.1, -0.05) is 6.08 Å². The highest BCUT2D eigenvalue weighted by Gasteiger charge is 2.31. The molecular weight excluding hydrogens is 645 g/mol. The molecule has 1 atom stereocenters. The van der Waals surface area contributed by atoms with Crippen molar-refractivity contribution in [3.63, 3.8) is 0 Å². The molecule has 0 bridgehead atoms. The van der Waals surface area contributed by atoms with E-state index in [-0.39, 0.29) is 30.8 Å². The van der Waals surface area contributed by atoms with Crippen molar-refractivity contribution in [2.45, 2.75) is 43.4 Å². The number of primary sulfonamides is 1. The quantitative estimate of drug-likeness (QED) is 0.214. The van der Waals surface area contributed by atoms with E-state index in [4.69, 9.17) is 5.14 Å². The number of aromatic nitrogens is 2. The van der Waals surface area contributed by atoms with Gasteiger partial charge in [-0.25, -0.2) is 39.5 Å². The second kappa shape index (κ2) is 12.9. The first-order valence-electron chi connectivity index (χ1n) is 13.9. The SMILES string of the molecule is CCN1C(=CC=Cc2n(CCCS(=O)(=O)[O-])c3cc(S(N)(=O)=O)ccc3[n+]2C)N(CCC(C)S(=O)(=O)[O-])c2cc(C#N)ccc21. The summed E-state index contributed by atoms with van der Waals surface area (Å²) in [5.74, 6) is 0.604. The van der Waals surface area contributed by atoms with Crippen molar-refractivity contribution in [1.29, 1.82) is 5.26 Å². The predicted octanol–water partition coefficient (Wildman–Crippen LogP) is 1.45. The number of nitrogens with two attached hydrogens (primary N) is 1. The second-order valence-corrected chi connectivity index (χ2v) is 15.4. The number of hydrogen-bond acceptors (Lipinski definition) is 11. The highest BCUT2D eigenvalue weighted by Crippen LogP contribution is 2.42. The van der Waals surface area contributed by atoms with Crippen LogP contribution in [0.2, 0.25) is 0 Å². The van der Waals surface area contributed by atoms with Gasteiger partial charge in [0.15, 0.2) is 11.0 Å². The monoisotopic (exact) mass is 677 g/mol. The van der Waals surface area contributed by atoms with E-state index >= 15 is 0 Å². The first-order valence-corrected chi connectivity index (χ1v) is 18.5. The number of aryl methyl sites for hydroxylation is 2. The Morgan fingerprint density at radius 3 is 2.33 bits per heavy atom. The second-order valence-electron chi connectivity index (χ2n) is 10.6. The number of hydrogen-bond donors (Lipinski definition) is 1. The van der Waals surface area contributed by atoms with E-state index in [2.05, 4.69) is 6.07 Å². The van der Waals surface area contributed by atoms with Gasteiger partial charge in [0.05, 0.1) is 61.7 Å². The van der Waals surface area contributed by atoms with Gasteiger partial charge in [-0.05, 0) is 63.1 Å². The Balaban J connectivity index is 1.81. The summed E-state index contributed by atoms with van der Waals surface area (Å²) in [5.41, 5.74) is 2.97. The predicted molar refractivity (Wildman–Crippen MR) is 166 cm³/mol. The molecule has 4 rings (SSSR count). The van der Waals surface area contributed by atoms with Crippen LogP contribution in [0.3, 0.4) is 0 Å². The molecule has 0 saturated heterocycles. The van der Waals surface area contributed by atoms with Crippen molar-refractivity contribution in [3.8, 4) is 6.07 Å². The minimum absolute atomic E-state index is 0.0219. The van der Waals surface area contributed by atoms with Crippen LogP contribution in [0.5, 0.6) is 0 Å². The topological polar surface area (TPSA) is 214 Å². The van der Waals surface area contributed by atoms with Gasteiger partial charge < -0.3 is 18.9 Å². The van der Waals surface area contributed by atoms with Gasteiger partial charge in [0.2, 0.25) is 10.0 Å². The zero-order chi connectivity index (χ0) is 33.3. The summed E-state index contributed by atoms with van der Waals surface area (Å²) in [7, 11) is -11.3. The summed E-state index contributed by atoms with van der Waals surface area (Å²) in [6.45, 7) is 4.07. The van der Waals surface area contributed by atoms with E-state index < -0.39 is 41.3 Å². The molecule has 242 valence electrons. The average Bonchev–Trinajstić information content (AvgIpc) is 3.39. The van der Waals surface area contributed by atoms with Crippen LogP contribution in [0.25, 0.3) is 17.1 Å². The standard InChI is InChI=1S/C28H34N6O8S3/c1-4-32-24-11-9-21(19-29)17-25(24)34(15-13-20(2)45(40,41)42)28(32)8-5-7-27-31(3)23-12-10-22(44(30,38)39)18-26(23)33(27)14-6-16-43(35,36)37/h5,7-12,17-18,20H,4,6,13-16H2,1-3H3,(H3-,30,35,36,37,38,39,40,41,42)/p-1. The molecule has 2 N–H and O–H groups in total. The van der Waals surface area contributed by atoms with Crippen LogP contribution < -0.4 is 19.5 Å². The number of anilines is 2. The molecule has 2 heterocycles. The van der Waals surface area contributed by atoms with E-state index in [0.717, 1.165) is 5.69 Å². The Morgan fingerprint density at radius 2 is 1.73 bits per heavy atom. The third kappa shape index (κ3) is 7.54. The lowest BCUT2D eigenvalue weighted by Gasteiger charge is -2.26. The first kappa shape index (κ1) is 34.1. The molecule has 1 unspecified atom stereocenters. The summed E-state index contributed by atoms with van der Waals surface area (Å²) >= 11 is 0. The number of nitrogens with zero attached hydrogens (tertiary/aromatic N) is 5. The van der Waals surface area contributed by atoms with Crippen molar-refractivity contribution < 1.29 is 38.9 Å². The molecule has 1 aliphatic heterocycles. The van der Waals surface area contributed by atoms with E-state index in [9.17, 15) is 39.6 Å². The lowest BCUT2D eigenvalue weighted by Crippen LogP contribution is -2.32. The number of rotatable bonds is 12. The van der Waals surface area contributed by atoms with Gasteiger partial charge in [0.25, 0.3) is 5.82 Å². The van der Waals surface area contributed by atoms with Crippen LogP contribution in [0, 0.1) is 11.3 Å². The van der Waals surface area contributed by atoms with Gasteiger partial charge in [-0.2, -0.15) is 5.26 Å². The van der Waals surface area contributed by atoms with Crippen molar-refractivity contribution in [1.82, 2.24) is 4.57 Å². The van der Waals surface area contributed by atoms with Crippen LogP contribution in [-0.4, -0.2) is 63.0 Å². The maximum absolute atomic E-state index is 12.1. The number of imidazole rings is 1. The van der Waals surface area contributed by atoms with E-state index in [1.807, 2.05) is 16.7 Å². The smallest absolute Gasteiger partial charge is 0.282 e. The third-order valence-electron chi connectivity index (χ3n) is 7.62. The molecule has 0 radical (unpaired) electrons. The Labute approximate surface area is 262 Å². The molecule has 0 amide bonds. The van der Waals surface area contributed by atoms with Crippen LogP contribution in [0.4, 0.5) is 11.4 Å². The molecule has 14 nitrogen and oxygen atoms in total. The molecule has 0 spiro atoms. The number of sulfonamides is 1. The summed E-state index contributed by atoms with van der Waals surface area (Å²) in [4.78, 5) is 3.69. The van der Waals surface area contributed by atoms with Gasteiger partial charge in [-0.3, -0.25) is 0 Å². The molecule has 17 heteroatoms. The lowest BCUT2D eigenvalue weighted by atomic mass is 10.1. The van der Waals surface area contributed by atoms with Crippen molar-refractivity contribution >= 4 is 58.7 Å². The van der Waals surface area contributed by atoms with Gasteiger partial charge >= 0.3 is 0 Å². The Kier molecular flexibility index (Phi) is 9.78. The normalized spacial score (nSPS) is 15.7. The summed E-state index contributed by atoms with van der Waals surface area (Å²) in [6.07, 6.45) is 5.26. The van der Waals surface area contributed by atoms with E-state index in [1.165, 1.54) is 19.1 Å². The van der Waals surface area contributed by atoms with Crippen LogP contribution >= 0.6 is 0 Å². The number of fused-ring (bicyclic) bond motifs is 2. The maximum Gasteiger partial charge on any atom is 0.282 e.